The molecule has 3 aliphatic carbocycles. The molecule has 0 aromatic carbocycles. The van der Waals surface area contributed by atoms with Gasteiger partial charge in [0.25, 0.3) is 5.91 Å². The first-order valence-electron chi connectivity index (χ1n) is 11.0. The summed E-state index contributed by atoms with van der Waals surface area (Å²) in [5.74, 6) is 0.628. The van der Waals surface area contributed by atoms with Crippen LogP contribution in [0.3, 0.4) is 0 Å². The maximum atomic E-state index is 13.1. The molecule has 3 atom stereocenters. The van der Waals surface area contributed by atoms with Gasteiger partial charge in [0.05, 0.1) is 12.7 Å². The molecule has 2 heterocycles. The van der Waals surface area contributed by atoms with E-state index in [1.54, 1.807) is 16.2 Å². The maximum Gasteiger partial charge on any atom is 0.254 e. The van der Waals surface area contributed by atoms with Crippen molar-refractivity contribution in [2.45, 2.75) is 63.3 Å². The van der Waals surface area contributed by atoms with Gasteiger partial charge in [-0.05, 0) is 56.4 Å². The molecule has 0 radical (unpaired) electrons. The highest BCUT2D eigenvalue weighted by molar-refractivity contribution is 7.17. The van der Waals surface area contributed by atoms with Crippen LogP contribution in [0.4, 0.5) is 5.00 Å². The molecule has 2 saturated carbocycles. The molecule has 1 aliphatic heterocycles. The molecule has 10 heteroatoms. The number of amides is 2. The molecule has 1 aromatic heterocycles. The van der Waals surface area contributed by atoms with E-state index in [0.29, 0.717) is 29.4 Å². The zero-order valence-corrected chi connectivity index (χ0v) is 18.4. The molecular formula is C21H28N6O3S. The van der Waals surface area contributed by atoms with Crippen LogP contribution in [0.1, 0.15) is 52.9 Å². The minimum Gasteiger partial charge on any atom is -0.352 e. The van der Waals surface area contributed by atoms with Gasteiger partial charge in [0.15, 0.2) is 6.19 Å². The fourth-order valence-corrected chi connectivity index (χ4v) is 5.52. The molecular weight excluding hydrogens is 416 g/mol. The monoisotopic (exact) mass is 444 g/mol. The Morgan fingerprint density at radius 2 is 2.03 bits per heavy atom. The predicted octanol–water partition coefficient (Wildman–Crippen LogP) is 1.28. The summed E-state index contributed by atoms with van der Waals surface area (Å²) in [6, 6.07) is 0.147. The second kappa shape index (κ2) is 8.39. The van der Waals surface area contributed by atoms with Gasteiger partial charge < -0.3 is 15.5 Å². The zero-order valence-electron chi connectivity index (χ0n) is 17.6. The van der Waals surface area contributed by atoms with Crippen LogP contribution in [-0.2, 0) is 22.5 Å². The summed E-state index contributed by atoms with van der Waals surface area (Å²) in [4.78, 5) is 33.3. The lowest BCUT2D eigenvalue weighted by atomic mass is 9.91. The summed E-state index contributed by atoms with van der Waals surface area (Å²) in [7, 11) is 1.53. The van der Waals surface area contributed by atoms with Gasteiger partial charge in [-0.2, -0.15) is 10.7 Å². The third kappa shape index (κ3) is 4.41. The van der Waals surface area contributed by atoms with Crippen molar-refractivity contribution in [1.82, 2.24) is 21.0 Å². The zero-order chi connectivity index (χ0) is 21.5. The number of hydrogen-bond donors (Lipinski definition) is 4. The third-order valence-corrected chi connectivity index (χ3v) is 7.70. The number of fused-ring (bicyclic) bond motifs is 1. The van der Waals surface area contributed by atoms with Gasteiger partial charge in [-0.1, -0.05) is 0 Å². The highest BCUT2D eigenvalue weighted by Crippen LogP contribution is 2.40. The first-order chi connectivity index (χ1) is 15.1. The Balaban J connectivity index is 1.32. The number of nitrogens with one attached hydrogen (secondary N) is 4. The molecule has 3 unspecified atom stereocenters. The van der Waals surface area contributed by atoms with E-state index in [4.69, 9.17) is 4.84 Å². The Labute approximate surface area is 185 Å². The first-order valence-corrected chi connectivity index (χ1v) is 11.9. The summed E-state index contributed by atoms with van der Waals surface area (Å²) in [5.41, 5.74) is 4.49. The SMILES string of the molecule is CONC1C(NC2CCc3sc(NC(=O)C4CC4)c(C(=O)NCC4CC4)c3C2)N1C#N. The minimum absolute atomic E-state index is 0.0284. The normalized spacial score (nSPS) is 26.7. The van der Waals surface area contributed by atoms with Crippen molar-refractivity contribution in [3.63, 3.8) is 0 Å². The number of hydrogen-bond acceptors (Lipinski definition) is 8. The highest BCUT2D eigenvalue weighted by Gasteiger charge is 2.49. The highest BCUT2D eigenvalue weighted by atomic mass is 32.1. The minimum atomic E-state index is -0.173. The molecule has 0 spiro atoms. The largest absolute Gasteiger partial charge is 0.352 e. The number of thiophene rings is 1. The number of anilines is 1. The number of aryl methyl sites for hydroxylation is 1. The van der Waals surface area contributed by atoms with Crippen molar-refractivity contribution >= 4 is 28.2 Å². The molecule has 31 heavy (non-hydrogen) atoms. The Hall–Kier alpha value is -2.19. The van der Waals surface area contributed by atoms with Crippen molar-refractivity contribution in [3.05, 3.63) is 16.0 Å². The van der Waals surface area contributed by atoms with E-state index in [0.717, 1.165) is 31.2 Å². The van der Waals surface area contributed by atoms with Gasteiger partial charge in [-0.3, -0.25) is 19.8 Å². The van der Waals surface area contributed by atoms with Gasteiger partial charge in [0.1, 0.15) is 17.3 Å². The summed E-state index contributed by atoms with van der Waals surface area (Å²) in [6.45, 7) is 0.699. The quantitative estimate of drug-likeness (QED) is 0.257. The van der Waals surface area contributed by atoms with E-state index in [9.17, 15) is 14.9 Å². The fraction of sp³-hybridized carbons (Fsp3) is 0.667. The Bertz CT molecular complexity index is 919. The number of nitrogens with zero attached hydrogens (tertiary/aromatic N) is 2. The van der Waals surface area contributed by atoms with Gasteiger partial charge in [-0.25, -0.2) is 0 Å². The van der Waals surface area contributed by atoms with E-state index < -0.39 is 0 Å². The Morgan fingerprint density at radius 3 is 2.71 bits per heavy atom. The fourth-order valence-electron chi connectivity index (χ4n) is 4.27. The van der Waals surface area contributed by atoms with Crippen molar-refractivity contribution in [1.29, 1.82) is 5.26 Å². The number of nitriles is 1. The van der Waals surface area contributed by atoms with Gasteiger partial charge in [0.2, 0.25) is 5.91 Å². The lowest BCUT2D eigenvalue weighted by Crippen LogP contribution is -2.39. The number of carbonyl (C=O) groups excluding carboxylic acids is 2. The van der Waals surface area contributed by atoms with Crippen molar-refractivity contribution in [2.75, 3.05) is 19.0 Å². The smallest absolute Gasteiger partial charge is 0.254 e. The van der Waals surface area contributed by atoms with E-state index in [-0.39, 0.29) is 36.1 Å². The van der Waals surface area contributed by atoms with Gasteiger partial charge in [0, 0.05) is 23.4 Å². The van der Waals surface area contributed by atoms with Crippen LogP contribution >= 0.6 is 11.3 Å². The maximum absolute atomic E-state index is 13.1. The number of hydroxylamine groups is 1. The molecule has 9 nitrogen and oxygen atoms in total. The molecule has 1 aromatic rings. The van der Waals surface area contributed by atoms with Crippen molar-refractivity contribution < 1.29 is 14.4 Å². The third-order valence-electron chi connectivity index (χ3n) is 6.49. The second-order valence-electron chi connectivity index (χ2n) is 8.95. The molecule has 4 N–H and O–H groups in total. The topological polar surface area (TPSA) is 118 Å². The van der Waals surface area contributed by atoms with Crippen LogP contribution in [0.2, 0.25) is 0 Å². The van der Waals surface area contributed by atoms with E-state index >= 15 is 0 Å². The standard InChI is InChI=1S/C21H28N6O3S/c1-30-26-18-17(27(18)10-22)24-13-6-7-15-14(8-13)16(20(29)23-9-11-2-3-11)21(31-15)25-19(28)12-4-5-12/h11-13,17-18,24,26H,2-9H2,1H3,(H,23,29)(H,25,28). The average molecular weight is 445 g/mol. The van der Waals surface area contributed by atoms with Crippen LogP contribution < -0.4 is 21.4 Å². The summed E-state index contributed by atoms with van der Waals surface area (Å²) in [6.07, 6.45) is 8.54. The Morgan fingerprint density at radius 1 is 1.23 bits per heavy atom. The summed E-state index contributed by atoms with van der Waals surface area (Å²) in [5, 5.41) is 19.6. The van der Waals surface area contributed by atoms with Crippen molar-refractivity contribution in [3.8, 4) is 6.19 Å². The van der Waals surface area contributed by atoms with Crippen molar-refractivity contribution in [2.24, 2.45) is 11.8 Å². The van der Waals surface area contributed by atoms with Crippen LogP contribution in [0, 0.1) is 23.3 Å². The first kappa shape index (κ1) is 20.7. The Kier molecular flexibility index (Phi) is 5.60. The van der Waals surface area contributed by atoms with E-state index in [1.165, 1.54) is 24.8 Å². The number of carbonyl (C=O) groups is 2. The van der Waals surface area contributed by atoms with Crippen LogP contribution in [0.25, 0.3) is 0 Å². The molecule has 4 aliphatic rings. The van der Waals surface area contributed by atoms with Gasteiger partial charge >= 0.3 is 0 Å². The molecule has 2 amide bonds. The lowest BCUT2D eigenvalue weighted by Gasteiger charge is -2.24. The van der Waals surface area contributed by atoms with Crippen LogP contribution in [0.5, 0.6) is 0 Å². The second-order valence-corrected chi connectivity index (χ2v) is 10.1. The predicted molar refractivity (Wildman–Crippen MR) is 115 cm³/mol. The molecule has 3 fully saturated rings. The van der Waals surface area contributed by atoms with E-state index in [1.807, 2.05) is 0 Å². The summed E-state index contributed by atoms with van der Waals surface area (Å²) >= 11 is 1.55. The lowest BCUT2D eigenvalue weighted by molar-refractivity contribution is -0.117. The van der Waals surface area contributed by atoms with Crippen LogP contribution in [0.15, 0.2) is 0 Å². The van der Waals surface area contributed by atoms with Gasteiger partial charge in [-0.15, -0.1) is 11.3 Å². The summed E-state index contributed by atoms with van der Waals surface area (Å²) < 4.78 is 0. The van der Waals surface area contributed by atoms with Crippen LogP contribution in [-0.4, -0.2) is 48.7 Å². The average Bonchev–Trinajstić information content (AvgIpc) is 3.64. The number of rotatable bonds is 9. The molecule has 166 valence electrons. The molecule has 0 bridgehead atoms. The molecule has 5 rings (SSSR count). The molecule has 1 saturated heterocycles. The van der Waals surface area contributed by atoms with E-state index in [2.05, 4.69) is 27.6 Å².